The Morgan fingerprint density at radius 2 is 1.73 bits per heavy atom. The zero-order valence-electron chi connectivity index (χ0n) is 15.8. The summed E-state index contributed by atoms with van der Waals surface area (Å²) in [5.74, 6) is -0.775. The molecule has 0 spiro atoms. The second-order valence-electron chi connectivity index (χ2n) is 6.78. The molecule has 0 atom stereocenters. The molecule has 7 heteroatoms. The molecule has 146 valence electrons. The highest BCUT2D eigenvalue weighted by Crippen LogP contribution is 2.33. The van der Waals surface area contributed by atoms with Crippen LogP contribution in [0.3, 0.4) is 0 Å². The number of ether oxygens (including phenoxy) is 1. The van der Waals surface area contributed by atoms with Gasteiger partial charge in [0.2, 0.25) is 5.89 Å². The van der Waals surface area contributed by atoms with Crippen molar-refractivity contribution in [3.8, 4) is 17.2 Å². The Bertz CT molecular complexity index is 1320. The lowest BCUT2D eigenvalue weighted by molar-refractivity contribution is -0.131. The molecule has 0 saturated carbocycles. The van der Waals surface area contributed by atoms with E-state index in [1.54, 1.807) is 36.4 Å². The maximum Gasteiger partial charge on any atom is 0.308 e. The van der Waals surface area contributed by atoms with Crippen LogP contribution < -0.4 is 9.64 Å². The molecule has 0 radical (unpaired) electrons. The first-order chi connectivity index (χ1) is 14.5. The number of aromatic nitrogens is 1. The number of imide groups is 1. The van der Waals surface area contributed by atoms with Crippen molar-refractivity contribution >= 4 is 34.6 Å². The van der Waals surface area contributed by atoms with Gasteiger partial charge in [-0.1, -0.05) is 18.2 Å². The van der Waals surface area contributed by atoms with Gasteiger partial charge in [0.25, 0.3) is 11.8 Å². The summed E-state index contributed by atoms with van der Waals surface area (Å²) in [6.07, 6.45) is 0. The van der Waals surface area contributed by atoms with Crippen LogP contribution in [-0.4, -0.2) is 22.8 Å². The minimum atomic E-state index is -0.488. The summed E-state index contributed by atoms with van der Waals surface area (Å²) in [6.45, 7) is 1.28. The van der Waals surface area contributed by atoms with Crippen LogP contribution in [0.2, 0.25) is 0 Å². The van der Waals surface area contributed by atoms with Crippen molar-refractivity contribution < 1.29 is 23.5 Å². The summed E-state index contributed by atoms with van der Waals surface area (Å²) >= 11 is 0. The van der Waals surface area contributed by atoms with E-state index in [2.05, 4.69) is 4.98 Å². The van der Waals surface area contributed by atoms with Gasteiger partial charge < -0.3 is 9.15 Å². The van der Waals surface area contributed by atoms with Crippen LogP contribution in [0.25, 0.3) is 22.6 Å². The quantitative estimate of drug-likeness (QED) is 0.292. The highest BCUT2D eigenvalue weighted by Gasteiger charge is 2.37. The third kappa shape index (κ3) is 2.84. The molecule has 2 amide bonds. The first kappa shape index (κ1) is 17.8. The van der Waals surface area contributed by atoms with Crippen molar-refractivity contribution in [2.24, 2.45) is 0 Å². The lowest BCUT2D eigenvalue weighted by Crippen LogP contribution is -2.29. The maximum absolute atomic E-state index is 13.0. The minimum absolute atomic E-state index is 0.253. The topological polar surface area (TPSA) is 89.7 Å². The Hall–Kier alpha value is -4.26. The van der Waals surface area contributed by atoms with Crippen molar-refractivity contribution in [1.29, 1.82) is 0 Å². The highest BCUT2D eigenvalue weighted by atomic mass is 16.5. The molecular formula is C23H14N2O5. The van der Waals surface area contributed by atoms with Gasteiger partial charge in [-0.15, -0.1) is 0 Å². The number of esters is 1. The van der Waals surface area contributed by atoms with Gasteiger partial charge in [-0.2, -0.15) is 0 Å². The highest BCUT2D eigenvalue weighted by molar-refractivity contribution is 6.34. The number of benzene rings is 3. The third-order valence-electron chi connectivity index (χ3n) is 4.76. The Morgan fingerprint density at radius 3 is 2.53 bits per heavy atom. The zero-order valence-corrected chi connectivity index (χ0v) is 15.8. The van der Waals surface area contributed by atoms with E-state index in [4.69, 9.17) is 9.15 Å². The molecule has 0 unspecified atom stereocenters. The Labute approximate surface area is 170 Å². The number of oxazole rings is 1. The second-order valence-corrected chi connectivity index (χ2v) is 6.78. The number of para-hydroxylation sites is 2. The first-order valence-corrected chi connectivity index (χ1v) is 9.18. The molecule has 7 nitrogen and oxygen atoms in total. The SMILES string of the molecule is CC(=O)Oc1cccc(N2C(=O)c3ccc(-c4nc5ccccc5o4)cc3C2=O)c1. The standard InChI is InChI=1S/C23H14N2O5/c1-13(26)29-16-6-4-5-15(12-16)25-22(27)17-10-9-14(11-18(17)23(25)28)21-24-19-7-2-3-8-20(19)30-21/h2-12H,1H3. The summed E-state index contributed by atoms with van der Waals surface area (Å²) in [7, 11) is 0. The molecule has 4 aromatic rings. The predicted molar refractivity (Wildman–Crippen MR) is 108 cm³/mol. The number of rotatable bonds is 3. The van der Waals surface area contributed by atoms with E-state index in [-0.39, 0.29) is 16.9 Å². The fourth-order valence-corrected chi connectivity index (χ4v) is 3.46. The first-order valence-electron chi connectivity index (χ1n) is 9.18. The Balaban J connectivity index is 1.53. The number of hydrogen-bond acceptors (Lipinski definition) is 6. The smallest absolute Gasteiger partial charge is 0.308 e. The summed E-state index contributed by atoms with van der Waals surface area (Å²) in [6, 6.07) is 18.5. The molecule has 2 heterocycles. The summed E-state index contributed by atoms with van der Waals surface area (Å²) in [5, 5.41) is 0. The summed E-state index contributed by atoms with van der Waals surface area (Å²) in [5.41, 5.74) is 2.82. The Morgan fingerprint density at radius 1 is 0.933 bits per heavy atom. The van der Waals surface area contributed by atoms with E-state index >= 15 is 0 Å². The van der Waals surface area contributed by atoms with Crippen LogP contribution in [0.15, 0.2) is 71.1 Å². The number of carbonyl (C=O) groups is 3. The van der Waals surface area contributed by atoms with Crippen LogP contribution in [0, 0.1) is 0 Å². The van der Waals surface area contributed by atoms with Crippen molar-refractivity contribution in [2.75, 3.05) is 4.90 Å². The van der Waals surface area contributed by atoms with Crippen LogP contribution in [0.1, 0.15) is 27.6 Å². The Kier molecular flexibility index (Phi) is 3.96. The number of hydrogen-bond donors (Lipinski definition) is 0. The van der Waals surface area contributed by atoms with E-state index in [0.29, 0.717) is 28.2 Å². The lowest BCUT2D eigenvalue weighted by Gasteiger charge is -2.14. The number of anilines is 1. The number of amides is 2. The number of fused-ring (bicyclic) bond motifs is 2. The minimum Gasteiger partial charge on any atom is -0.436 e. The monoisotopic (exact) mass is 398 g/mol. The van der Waals surface area contributed by atoms with Crippen molar-refractivity contribution in [1.82, 2.24) is 4.98 Å². The van der Waals surface area contributed by atoms with Crippen LogP contribution >= 0.6 is 0 Å². The van der Waals surface area contributed by atoms with Crippen LogP contribution in [0.4, 0.5) is 5.69 Å². The molecule has 0 aliphatic carbocycles. The lowest BCUT2D eigenvalue weighted by atomic mass is 10.1. The van der Waals surface area contributed by atoms with Gasteiger partial charge in [0, 0.05) is 18.6 Å². The van der Waals surface area contributed by atoms with Gasteiger partial charge in [-0.3, -0.25) is 14.4 Å². The number of carbonyl (C=O) groups excluding carboxylic acids is 3. The molecule has 0 N–H and O–H groups in total. The van der Waals surface area contributed by atoms with E-state index in [9.17, 15) is 14.4 Å². The van der Waals surface area contributed by atoms with Gasteiger partial charge in [-0.05, 0) is 42.5 Å². The fraction of sp³-hybridized carbons (Fsp3) is 0.0435. The van der Waals surface area contributed by atoms with E-state index in [1.807, 2.05) is 24.3 Å². The van der Waals surface area contributed by atoms with Gasteiger partial charge in [0.1, 0.15) is 11.3 Å². The van der Waals surface area contributed by atoms with Crippen molar-refractivity contribution in [3.63, 3.8) is 0 Å². The zero-order chi connectivity index (χ0) is 20.8. The van der Waals surface area contributed by atoms with E-state index in [1.165, 1.54) is 13.0 Å². The third-order valence-corrected chi connectivity index (χ3v) is 4.76. The molecule has 0 fully saturated rings. The normalized spacial score (nSPS) is 13.0. The molecule has 5 rings (SSSR count). The van der Waals surface area contributed by atoms with Gasteiger partial charge in [-0.25, -0.2) is 9.88 Å². The van der Waals surface area contributed by atoms with Crippen molar-refractivity contribution in [3.05, 3.63) is 77.9 Å². The van der Waals surface area contributed by atoms with Gasteiger partial charge >= 0.3 is 5.97 Å². The summed E-state index contributed by atoms with van der Waals surface area (Å²) < 4.78 is 10.8. The average Bonchev–Trinajstić information content (AvgIpc) is 3.27. The van der Waals surface area contributed by atoms with Gasteiger partial charge in [0.05, 0.1) is 16.8 Å². The fourth-order valence-electron chi connectivity index (χ4n) is 3.46. The van der Waals surface area contributed by atoms with Crippen LogP contribution in [0.5, 0.6) is 5.75 Å². The second kappa shape index (κ2) is 6.66. The molecule has 0 bridgehead atoms. The van der Waals surface area contributed by atoms with Crippen molar-refractivity contribution in [2.45, 2.75) is 6.92 Å². The molecular weight excluding hydrogens is 384 g/mol. The molecule has 3 aromatic carbocycles. The molecule has 1 aliphatic rings. The summed E-state index contributed by atoms with van der Waals surface area (Å²) in [4.78, 5) is 42.6. The number of nitrogens with zero attached hydrogens (tertiary/aromatic N) is 2. The average molecular weight is 398 g/mol. The maximum atomic E-state index is 13.0. The molecule has 30 heavy (non-hydrogen) atoms. The molecule has 1 aliphatic heterocycles. The van der Waals surface area contributed by atoms with E-state index in [0.717, 1.165) is 4.90 Å². The van der Waals surface area contributed by atoms with Gasteiger partial charge in [0.15, 0.2) is 5.58 Å². The predicted octanol–water partition coefficient (Wildman–Crippen LogP) is 4.22. The largest absolute Gasteiger partial charge is 0.436 e. The molecule has 0 saturated heterocycles. The van der Waals surface area contributed by atoms with E-state index < -0.39 is 17.8 Å². The molecule has 1 aromatic heterocycles. The van der Waals surface area contributed by atoms with Crippen LogP contribution in [-0.2, 0) is 4.79 Å².